The minimum atomic E-state index is -3.90. The number of halogens is 5. The summed E-state index contributed by atoms with van der Waals surface area (Å²) in [5.41, 5.74) is 2.18. The first-order valence-electron chi connectivity index (χ1n) is 9.65. The number of nitrogens with zero attached hydrogens (tertiary/aromatic N) is 2. The molecule has 1 heterocycles. The second-order valence-corrected chi connectivity index (χ2v) is 11.1. The molecule has 1 unspecified atom stereocenters. The lowest BCUT2D eigenvalue weighted by Crippen LogP contribution is -2.29. The van der Waals surface area contributed by atoms with E-state index in [4.69, 9.17) is 34.8 Å². The van der Waals surface area contributed by atoms with Crippen molar-refractivity contribution < 1.29 is 12.8 Å². The third-order valence-electron chi connectivity index (χ3n) is 5.03. The molecule has 0 saturated heterocycles. The molecule has 11 heteroatoms. The molecule has 0 fully saturated rings. The normalized spacial score (nSPS) is 16.2. The highest BCUT2D eigenvalue weighted by atomic mass is 79.9. The van der Waals surface area contributed by atoms with Crippen molar-refractivity contribution in [2.45, 2.75) is 17.4 Å². The van der Waals surface area contributed by atoms with Crippen LogP contribution < -0.4 is 9.73 Å². The Balaban J connectivity index is 1.62. The van der Waals surface area contributed by atoms with E-state index in [2.05, 4.69) is 25.8 Å². The van der Waals surface area contributed by atoms with E-state index in [0.717, 1.165) is 17.7 Å². The molecule has 1 aliphatic heterocycles. The Morgan fingerprint density at radius 1 is 1.03 bits per heavy atom. The Kier molecular flexibility index (Phi) is 7.33. The van der Waals surface area contributed by atoms with Crippen LogP contribution in [0.25, 0.3) is 0 Å². The molecule has 0 aliphatic carbocycles. The minimum absolute atomic E-state index is 0.0298. The third kappa shape index (κ3) is 5.53. The highest BCUT2D eigenvalue weighted by molar-refractivity contribution is 9.10. The molecule has 5 nitrogen and oxygen atoms in total. The van der Waals surface area contributed by atoms with Gasteiger partial charge >= 0.3 is 0 Å². The Morgan fingerprint density at radius 2 is 1.73 bits per heavy atom. The van der Waals surface area contributed by atoms with Crippen LogP contribution in [0, 0.1) is 5.82 Å². The van der Waals surface area contributed by atoms with E-state index in [1.54, 1.807) is 35.3 Å². The van der Waals surface area contributed by atoms with Crippen LogP contribution in [0.2, 0.25) is 15.1 Å². The van der Waals surface area contributed by atoms with Crippen LogP contribution in [0.3, 0.4) is 0 Å². The van der Waals surface area contributed by atoms with Crippen molar-refractivity contribution in [3.05, 3.63) is 91.6 Å². The maximum Gasteiger partial charge on any atom is 0.242 e. The van der Waals surface area contributed by atoms with Crippen molar-refractivity contribution in [1.29, 1.82) is 0 Å². The number of sulfonamides is 1. The Morgan fingerprint density at radius 3 is 2.39 bits per heavy atom. The highest BCUT2D eigenvalue weighted by Gasteiger charge is 2.31. The molecular weight excluding hydrogens is 576 g/mol. The summed E-state index contributed by atoms with van der Waals surface area (Å²) in [6.45, 7) is -0.0298. The fourth-order valence-corrected chi connectivity index (χ4v) is 6.15. The van der Waals surface area contributed by atoms with E-state index in [9.17, 15) is 12.8 Å². The van der Waals surface area contributed by atoms with Crippen molar-refractivity contribution in [2.24, 2.45) is 5.10 Å². The number of benzene rings is 3. The van der Waals surface area contributed by atoms with Gasteiger partial charge in [0.15, 0.2) is 0 Å². The van der Waals surface area contributed by atoms with Crippen molar-refractivity contribution in [2.75, 3.05) is 11.6 Å². The molecule has 1 atom stereocenters. The van der Waals surface area contributed by atoms with Crippen LogP contribution in [0.1, 0.15) is 18.0 Å². The summed E-state index contributed by atoms with van der Waals surface area (Å²) in [6.07, 6.45) is 0.452. The fourth-order valence-electron chi connectivity index (χ4n) is 3.46. The molecule has 0 saturated carbocycles. The van der Waals surface area contributed by atoms with Crippen LogP contribution in [0.5, 0.6) is 0 Å². The molecule has 33 heavy (non-hydrogen) atoms. The number of rotatable bonds is 6. The molecule has 1 aliphatic rings. The zero-order valence-corrected chi connectivity index (χ0v) is 21.4. The Hall–Kier alpha value is -1.68. The second kappa shape index (κ2) is 9.90. The molecule has 4 rings (SSSR count). The maximum absolute atomic E-state index is 13.4. The van der Waals surface area contributed by atoms with Gasteiger partial charge in [0.05, 0.1) is 33.9 Å². The van der Waals surface area contributed by atoms with E-state index >= 15 is 0 Å². The van der Waals surface area contributed by atoms with Crippen molar-refractivity contribution in [1.82, 2.24) is 4.72 Å². The van der Waals surface area contributed by atoms with Crippen LogP contribution in [0.15, 0.2) is 75.1 Å². The van der Waals surface area contributed by atoms with E-state index in [-0.39, 0.29) is 22.0 Å². The number of hydrogen-bond donors (Lipinski definition) is 1. The SMILES string of the molecule is O=S(=O)(NCC1=NN(c2ccc(Cl)cc2Cl)C(c2ccc(Cl)cc2)C1)c1ccc(F)cc1Br. The van der Waals surface area contributed by atoms with Crippen LogP contribution in [0.4, 0.5) is 10.1 Å². The van der Waals surface area contributed by atoms with Crippen LogP contribution in [-0.2, 0) is 10.0 Å². The van der Waals surface area contributed by atoms with Gasteiger partial charge in [0.25, 0.3) is 0 Å². The third-order valence-corrected chi connectivity index (χ3v) is 8.20. The Labute approximate surface area is 214 Å². The standard InChI is InChI=1S/C22H16BrCl3FN3O2S/c23-18-10-16(27)6-8-22(18)33(31,32)28-12-17-11-21(13-1-3-14(24)4-2-13)30(29-17)20-7-5-15(25)9-19(20)26/h1-10,21,28H,11-12H2. The monoisotopic (exact) mass is 589 g/mol. The molecule has 0 aromatic heterocycles. The number of hydrogen-bond acceptors (Lipinski definition) is 4. The first kappa shape index (κ1) is 24.4. The summed E-state index contributed by atoms with van der Waals surface area (Å²) in [4.78, 5) is -0.0608. The Bertz CT molecular complexity index is 1340. The van der Waals surface area contributed by atoms with Gasteiger partial charge in [0.2, 0.25) is 10.0 Å². The summed E-state index contributed by atoms with van der Waals surface area (Å²) >= 11 is 21.6. The molecule has 1 N–H and O–H groups in total. The van der Waals surface area contributed by atoms with Gasteiger partial charge in [0.1, 0.15) is 5.82 Å². The maximum atomic E-state index is 13.4. The average molecular weight is 592 g/mol. The van der Waals surface area contributed by atoms with Gasteiger partial charge in [-0.3, -0.25) is 5.01 Å². The lowest BCUT2D eigenvalue weighted by molar-refractivity contribution is 0.584. The molecule has 172 valence electrons. The van der Waals surface area contributed by atoms with Gasteiger partial charge in [-0.15, -0.1) is 0 Å². The molecule has 0 spiro atoms. The zero-order valence-electron chi connectivity index (χ0n) is 16.8. The first-order valence-corrected chi connectivity index (χ1v) is 13.1. The van der Waals surface area contributed by atoms with Gasteiger partial charge in [-0.2, -0.15) is 5.10 Å². The minimum Gasteiger partial charge on any atom is -0.256 e. The smallest absolute Gasteiger partial charge is 0.242 e. The molecule has 0 radical (unpaired) electrons. The topological polar surface area (TPSA) is 61.8 Å². The zero-order chi connectivity index (χ0) is 23.8. The lowest BCUT2D eigenvalue weighted by Gasteiger charge is -2.25. The van der Waals surface area contributed by atoms with Crippen LogP contribution in [-0.4, -0.2) is 20.7 Å². The fraction of sp³-hybridized carbons (Fsp3) is 0.136. The summed E-state index contributed by atoms with van der Waals surface area (Å²) in [5.74, 6) is -0.540. The van der Waals surface area contributed by atoms with Gasteiger partial charge in [-0.05, 0) is 70.0 Å². The van der Waals surface area contributed by atoms with Crippen molar-refractivity contribution in [3.8, 4) is 0 Å². The second-order valence-electron chi connectivity index (χ2n) is 7.28. The van der Waals surface area contributed by atoms with Crippen LogP contribution >= 0.6 is 50.7 Å². The largest absolute Gasteiger partial charge is 0.256 e. The van der Waals surface area contributed by atoms with Gasteiger partial charge < -0.3 is 0 Å². The summed E-state index contributed by atoms with van der Waals surface area (Å²) < 4.78 is 41.6. The lowest BCUT2D eigenvalue weighted by atomic mass is 10.0. The molecule has 3 aromatic rings. The summed E-state index contributed by atoms with van der Waals surface area (Å²) in [7, 11) is -3.90. The van der Waals surface area contributed by atoms with E-state index in [1.807, 2.05) is 12.1 Å². The molecule has 3 aromatic carbocycles. The molecular formula is C22H16BrCl3FN3O2S. The van der Waals surface area contributed by atoms with E-state index in [0.29, 0.717) is 32.9 Å². The predicted octanol–water partition coefficient (Wildman–Crippen LogP) is 6.83. The van der Waals surface area contributed by atoms with E-state index < -0.39 is 15.8 Å². The van der Waals surface area contributed by atoms with Gasteiger partial charge in [-0.25, -0.2) is 17.5 Å². The first-order chi connectivity index (χ1) is 15.6. The molecule has 0 amide bonds. The van der Waals surface area contributed by atoms with Gasteiger partial charge in [0, 0.05) is 20.9 Å². The van der Waals surface area contributed by atoms with Gasteiger partial charge in [-0.1, -0.05) is 46.9 Å². The summed E-state index contributed by atoms with van der Waals surface area (Å²) in [6, 6.07) is 15.6. The predicted molar refractivity (Wildman–Crippen MR) is 134 cm³/mol. The van der Waals surface area contributed by atoms with E-state index in [1.165, 1.54) is 6.07 Å². The van der Waals surface area contributed by atoms with Crippen molar-refractivity contribution in [3.63, 3.8) is 0 Å². The number of nitrogens with one attached hydrogen (secondary N) is 1. The highest BCUT2D eigenvalue weighted by Crippen LogP contribution is 2.39. The van der Waals surface area contributed by atoms with Crippen molar-refractivity contribution >= 4 is 72.2 Å². The average Bonchev–Trinajstić information content (AvgIpc) is 3.16. The number of anilines is 1. The quantitative estimate of drug-likeness (QED) is 0.342. The summed E-state index contributed by atoms with van der Waals surface area (Å²) in [5, 5.41) is 7.92. The number of hydrazone groups is 1. The molecule has 0 bridgehead atoms.